The van der Waals surface area contributed by atoms with E-state index in [0.717, 1.165) is 27.2 Å². The maximum atomic E-state index is 6.43. The number of benzene rings is 1. The van der Waals surface area contributed by atoms with Gasteiger partial charge >= 0.3 is 0 Å². The van der Waals surface area contributed by atoms with Gasteiger partial charge in [-0.1, -0.05) is 11.6 Å². The zero-order chi connectivity index (χ0) is 14.1. The number of aryl methyl sites for hydroxylation is 1. The molecule has 0 saturated heterocycles. The lowest BCUT2D eigenvalue weighted by Crippen LogP contribution is -2.07. The number of pyridine rings is 1. The van der Waals surface area contributed by atoms with Crippen molar-refractivity contribution in [2.75, 3.05) is 5.32 Å². The lowest BCUT2D eigenvalue weighted by atomic mass is 10.1. The normalized spacial score (nSPS) is 12.6. The highest BCUT2D eigenvalue weighted by Gasteiger charge is 2.13. The maximum absolute atomic E-state index is 6.43. The molecular weight excluding hydrogens is 288 g/mol. The fourth-order valence-electron chi connectivity index (χ4n) is 2.35. The minimum atomic E-state index is 0.213. The fraction of sp³-hybridized carbons (Fsp3) is 0.188. The Hall–Kier alpha value is -1.58. The lowest BCUT2D eigenvalue weighted by molar-refractivity contribution is 0.892. The van der Waals surface area contributed by atoms with Crippen LogP contribution in [0.3, 0.4) is 0 Å². The van der Waals surface area contributed by atoms with E-state index in [9.17, 15) is 0 Å². The Bertz CT molecular complexity index is 738. The van der Waals surface area contributed by atoms with Crippen molar-refractivity contribution in [3.05, 3.63) is 57.4 Å². The first-order chi connectivity index (χ1) is 9.66. The van der Waals surface area contributed by atoms with Gasteiger partial charge in [0.1, 0.15) is 0 Å². The topological polar surface area (TPSA) is 24.9 Å². The SMILES string of the molecule is Cc1cc(Cl)c(NC(C)c2ccsc2)c2cccnc12. The Morgan fingerprint density at radius 1 is 1.35 bits per heavy atom. The minimum Gasteiger partial charge on any atom is -0.377 e. The van der Waals surface area contributed by atoms with Crippen molar-refractivity contribution in [2.45, 2.75) is 19.9 Å². The quantitative estimate of drug-likeness (QED) is 0.697. The number of hydrogen-bond donors (Lipinski definition) is 1. The van der Waals surface area contributed by atoms with Crippen molar-refractivity contribution in [3.63, 3.8) is 0 Å². The van der Waals surface area contributed by atoms with Crippen LogP contribution in [0.15, 0.2) is 41.2 Å². The molecule has 1 unspecified atom stereocenters. The molecule has 0 saturated carbocycles. The zero-order valence-electron chi connectivity index (χ0n) is 11.4. The highest BCUT2D eigenvalue weighted by Crippen LogP contribution is 2.35. The second-order valence-corrected chi connectivity index (χ2v) is 6.06. The number of fused-ring (bicyclic) bond motifs is 1. The van der Waals surface area contributed by atoms with E-state index >= 15 is 0 Å². The third kappa shape index (κ3) is 2.39. The molecule has 0 aliphatic heterocycles. The Balaban J connectivity index is 2.07. The summed E-state index contributed by atoms with van der Waals surface area (Å²) in [5.41, 5.74) is 4.32. The molecule has 2 heterocycles. The number of rotatable bonds is 3. The Labute approximate surface area is 127 Å². The summed E-state index contributed by atoms with van der Waals surface area (Å²) in [6.07, 6.45) is 1.81. The molecule has 3 aromatic rings. The first-order valence-electron chi connectivity index (χ1n) is 6.49. The Morgan fingerprint density at radius 2 is 2.20 bits per heavy atom. The molecule has 0 radical (unpaired) electrons. The third-order valence-electron chi connectivity index (χ3n) is 3.44. The van der Waals surface area contributed by atoms with Crippen LogP contribution in [0.2, 0.25) is 5.02 Å². The number of halogens is 1. The standard InChI is InChI=1S/C16H15ClN2S/c1-10-8-14(17)16(13-4-3-6-18-15(10)13)19-11(2)12-5-7-20-9-12/h3-9,11,19H,1-2H3. The minimum absolute atomic E-state index is 0.213. The first kappa shape index (κ1) is 13.4. The summed E-state index contributed by atoms with van der Waals surface area (Å²) in [4.78, 5) is 4.46. The van der Waals surface area contributed by atoms with Crippen molar-refractivity contribution >= 4 is 39.5 Å². The van der Waals surface area contributed by atoms with Crippen molar-refractivity contribution in [1.82, 2.24) is 4.98 Å². The number of aromatic nitrogens is 1. The van der Waals surface area contributed by atoms with Crippen molar-refractivity contribution in [1.29, 1.82) is 0 Å². The van der Waals surface area contributed by atoms with Crippen LogP contribution in [0.4, 0.5) is 5.69 Å². The second-order valence-electron chi connectivity index (χ2n) is 4.87. The molecule has 0 aliphatic carbocycles. The Kier molecular flexibility index (Phi) is 3.64. The molecule has 3 rings (SSSR count). The van der Waals surface area contributed by atoms with E-state index < -0.39 is 0 Å². The maximum Gasteiger partial charge on any atom is 0.0752 e. The van der Waals surface area contributed by atoms with Gasteiger partial charge in [-0.05, 0) is 60.0 Å². The van der Waals surface area contributed by atoms with Gasteiger partial charge in [0.2, 0.25) is 0 Å². The Morgan fingerprint density at radius 3 is 2.95 bits per heavy atom. The summed E-state index contributed by atoms with van der Waals surface area (Å²) >= 11 is 8.13. The van der Waals surface area contributed by atoms with Gasteiger partial charge in [0.15, 0.2) is 0 Å². The van der Waals surface area contributed by atoms with Gasteiger partial charge in [-0.2, -0.15) is 11.3 Å². The average molecular weight is 303 g/mol. The number of nitrogens with zero attached hydrogens (tertiary/aromatic N) is 1. The zero-order valence-corrected chi connectivity index (χ0v) is 12.9. The molecule has 0 bridgehead atoms. The molecule has 0 spiro atoms. The number of hydrogen-bond acceptors (Lipinski definition) is 3. The molecule has 2 aromatic heterocycles. The smallest absolute Gasteiger partial charge is 0.0752 e. The highest BCUT2D eigenvalue weighted by molar-refractivity contribution is 7.08. The van der Waals surface area contributed by atoms with Crippen LogP contribution < -0.4 is 5.32 Å². The summed E-state index contributed by atoms with van der Waals surface area (Å²) < 4.78 is 0. The molecule has 2 nitrogen and oxygen atoms in total. The van der Waals surface area contributed by atoms with E-state index in [-0.39, 0.29) is 6.04 Å². The molecule has 4 heteroatoms. The summed E-state index contributed by atoms with van der Waals surface area (Å²) in [6, 6.07) is 8.32. The lowest BCUT2D eigenvalue weighted by Gasteiger charge is -2.18. The van der Waals surface area contributed by atoms with Gasteiger partial charge in [0, 0.05) is 17.6 Å². The van der Waals surface area contributed by atoms with Crippen LogP contribution in [0, 0.1) is 6.92 Å². The van der Waals surface area contributed by atoms with Gasteiger partial charge in [-0.25, -0.2) is 0 Å². The first-order valence-corrected chi connectivity index (χ1v) is 7.81. The van der Waals surface area contributed by atoms with Crippen LogP contribution in [0.5, 0.6) is 0 Å². The van der Waals surface area contributed by atoms with Crippen molar-refractivity contribution in [2.24, 2.45) is 0 Å². The molecule has 0 fully saturated rings. The molecule has 1 aromatic carbocycles. The highest BCUT2D eigenvalue weighted by atomic mass is 35.5. The van der Waals surface area contributed by atoms with Gasteiger partial charge in [-0.15, -0.1) is 0 Å². The van der Waals surface area contributed by atoms with E-state index in [2.05, 4.69) is 40.1 Å². The van der Waals surface area contributed by atoms with Crippen molar-refractivity contribution < 1.29 is 0 Å². The molecule has 0 aliphatic rings. The second kappa shape index (κ2) is 5.43. The largest absolute Gasteiger partial charge is 0.377 e. The van der Waals surface area contributed by atoms with E-state index in [4.69, 9.17) is 11.6 Å². The van der Waals surface area contributed by atoms with Crippen LogP contribution in [0.1, 0.15) is 24.1 Å². The van der Waals surface area contributed by atoms with Crippen LogP contribution in [-0.4, -0.2) is 4.98 Å². The van der Waals surface area contributed by atoms with Gasteiger partial charge in [0.05, 0.1) is 16.2 Å². The molecule has 102 valence electrons. The van der Waals surface area contributed by atoms with E-state index in [1.807, 2.05) is 25.3 Å². The van der Waals surface area contributed by atoms with E-state index in [0.29, 0.717) is 0 Å². The predicted molar refractivity (Wildman–Crippen MR) is 87.8 cm³/mol. The molecular formula is C16H15ClN2S. The molecule has 0 amide bonds. The van der Waals surface area contributed by atoms with Crippen molar-refractivity contribution in [3.8, 4) is 0 Å². The average Bonchev–Trinajstić information content (AvgIpc) is 2.97. The molecule has 1 atom stereocenters. The summed E-state index contributed by atoms with van der Waals surface area (Å²) in [5.74, 6) is 0. The third-order valence-corrected chi connectivity index (χ3v) is 4.44. The molecule has 20 heavy (non-hydrogen) atoms. The van der Waals surface area contributed by atoms with E-state index in [1.54, 1.807) is 11.3 Å². The van der Waals surface area contributed by atoms with Gasteiger partial charge in [0.25, 0.3) is 0 Å². The number of nitrogens with one attached hydrogen (secondary N) is 1. The van der Waals surface area contributed by atoms with Crippen LogP contribution in [0.25, 0.3) is 10.9 Å². The summed E-state index contributed by atoms with van der Waals surface area (Å²) in [7, 11) is 0. The van der Waals surface area contributed by atoms with Crippen LogP contribution >= 0.6 is 22.9 Å². The summed E-state index contributed by atoms with van der Waals surface area (Å²) in [6.45, 7) is 4.17. The van der Waals surface area contributed by atoms with E-state index in [1.165, 1.54) is 5.56 Å². The summed E-state index contributed by atoms with van der Waals surface area (Å²) in [5, 5.41) is 9.57. The van der Waals surface area contributed by atoms with Gasteiger partial charge < -0.3 is 5.32 Å². The fourth-order valence-corrected chi connectivity index (χ4v) is 3.42. The monoisotopic (exact) mass is 302 g/mol. The van der Waals surface area contributed by atoms with Gasteiger partial charge in [-0.3, -0.25) is 4.98 Å². The molecule has 1 N–H and O–H groups in total. The number of thiophene rings is 1. The predicted octanol–water partition coefficient (Wildman–Crippen LogP) is 5.43. The number of anilines is 1. The van der Waals surface area contributed by atoms with Crippen LogP contribution in [-0.2, 0) is 0 Å².